The first kappa shape index (κ1) is 15.8. The van der Waals surface area contributed by atoms with Crippen molar-refractivity contribution in [3.8, 4) is 0 Å². The molecule has 2 N–H and O–H groups in total. The highest BCUT2D eigenvalue weighted by Crippen LogP contribution is 2.12. The monoisotopic (exact) mass is 272 g/mol. The number of piperidine rings is 1. The number of amides is 2. The molecule has 0 bridgehead atoms. The lowest BCUT2D eigenvalue weighted by Gasteiger charge is -2.31. The van der Waals surface area contributed by atoms with Crippen LogP contribution in [0, 0.1) is 0 Å². The fraction of sp³-hybridized carbons (Fsp3) is 0.846. The maximum absolute atomic E-state index is 12.0. The van der Waals surface area contributed by atoms with E-state index >= 15 is 0 Å². The Hall–Kier alpha value is -1.30. The van der Waals surface area contributed by atoms with E-state index in [2.05, 4.69) is 5.32 Å². The van der Waals surface area contributed by atoms with Gasteiger partial charge < -0.3 is 20.1 Å². The lowest BCUT2D eigenvalue weighted by Crippen LogP contribution is -2.48. The quantitative estimate of drug-likeness (QED) is 0.782. The summed E-state index contributed by atoms with van der Waals surface area (Å²) in [5.41, 5.74) is -0.394. The lowest BCUT2D eigenvalue weighted by atomic mass is 10.1. The summed E-state index contributed by atoms with van der Waals surface area (Å²) in [6.45, 7) is 8.10. The first-order valence-corrected chi connectivity index (χ1v) is 6.64. The van der Waals surface area contributed by atoms with Gasteiger partial charge in [-0.2, -0.15) is 0 Å². The van der Waals surface area contributed by atoms with Crippen molar-refractivity contribution in [3.05, 3.63) is 0 Å². The van der Waals surface area contributed by atoms with E-state index in [9.17, 15) is 14.7 Å². The third kappa shape index (κ3) is 5.46. The molecule has 6 heteroatoms. The molecular formula is C13H24N2O4. The summed E-state index contributed by atoms with van der Waals surface area (Å²) < 4.78 is 5.06. The van der Waals surface area contributed by atoms with Gasteiger partial charge in [-0.25, -0.2) is 4.79 Å². The average Bonchev–Trinajstić information content (AvgIpc) is 2.26. The maximum atomic E-state index is 12.0. The Balaban J connectivity index is 2.42. The smallest absolute Gasteiger partial charge is 0.408 e. The van der Waals surface area contributed by atoms with Gasteiger partial charge in [0.25, 0.3) is 5.91 Å². The second-order valence-electron chi connectivity index (χ2n) is 5.98. The highest BCUT2D eigenvalue weighted by Gasteiger charge is 2.28. The molecule has 0 unspecified atom stereocenters. The Morgan fingerprint density at radius 3 is 2.32 bits per heavy atom. The van der Waals surface area contributed by atoms with Gasteiger partial charge in [-0.1, -0.05) is 0 Å². The number of carbonyl (C=O) groups excluding carboxylic acids is 2. The zero-order valence-corrected chi connectivity index (χ0v) is 12.1. The molecule has 1 saturated heterocycles. The number of likely N-dealkylation sites (tertiary alicyclic amines) is 1. The first-order valence-electron chi connectivity index (χ1n) is 6.64. The van der Waals surface area contributed by atoms with Gasteiger partial charge in [0.1, 0.15) is 0 Å². The molecule has 6 nitrogen and oxygen atoms in total. The van der Waals surface area contributed by atoms with E-state index in [0.717, 1.165) is 0 Å². The largest absolute Gasteiger partial charge is 0.436 e. The Kier molecular flexibility index (Phi) is 5.17. The molecule has 2 amide bonds. The number of nitrogens with one attached hydrogen (secondary N) is 1. The van der Waals surface area contributed by atoms with Crippen molar-refractivity contribution < 1.29 is 19.4 Å². The summed E-state index contributed by atoms with van der Waals surface area (Å²) in [5, 5.41) is 12.0. The molecule has 0 radical (unpaired) electrons. The van der Waals surface area contributed by atoms with Crippen molar-refractivity contribution in [1.29, 1.82) is 0 Å². The zero-order valence-electron chi connectivity index (χ0n) is 12.1. The third-order valence-electron chi connectivity index (χ3n) is 2.88. The topological polar surface area (TPSA) is 78.9 Å². The molecule has 1 heterocycles. The van der Waals surface area contributed by atoms with E-state index in [1.54, 1.807) is 11.8 Å². The third-order valence-corrected chi connectivity index (χ3v) is 2.88. The van der Waals surface area contributed by atoms with Crippen molar-refractivity contribution in [3.63, 3.8) is 0 Å². The van der Waals surface area contributed by atoms with Crippen LogP contribution in [-0.4, -0.2) is 52.8 Å². The summed E-state index contributed by atoms with van der Waals surface area (Å²) in [5.74, 6) is -0.212. The Bertz CT molecular complexity index is 330. The highest BCUT2D eigenvalue weighted by molar-refractivity contribution is 5.83. The normalized spacial score (nSPS) is 18.9. The molecule has 0 aliphatic carbocycles. The van der Waals surface area contributed by atoms with Crippen molar-refractivity contribution >= 4 is 12.0 Å². The summed E-state index contributed by atoms with van der Waals surface area (Å²) in [6.07, 6.45) is -0.577. The number of aliphatic hydroxyl groups excluding tert-OH is 1. The van der Waals surface area contributed by atoms with E-state index in [4.69, 9.17) is 4.74 Å². The number of nitrogens with zero attached hydrogens (tertiary/aromatic N) is 1. The van der Waals surface area contributed by atoms with Gasteiger partial charge in [-0.05, 0) is 40.5 Å². The zero-order chi connectivity index (χ0) is 14.6. The van der Waals surface area contributed by atoms with Crippen molar-refractivity contribution in [2.45, 2.75) is 58.3 Å². The van der Waals surface area contributed by atoms with E-state index in [1.807, 2.05) is 20.8 Å². The second-order valence-corrected chi connectivity index (χ2v) is 5.98. The predicted molar refractivity (Wildman–Crippen MR) is 70.7 cm³/mol. The van der Waals surface area contributed by atoms with Crippen LogP contribution in [0.4, 0.5) is 4.79 Å². The molecule has 1 atom stereocenters. The fourth-order valence-electron chi connectivity index (χ4n) is 1.89. The highest BCUT2D eigenvalue weighted by atomic mass is 16.6. The van der Waals surface area contributed by atoms with Crippen molar-refractivity contribution in [2.24, 2.45) is 0 Å². The standard InChI is InChI=1S/C13H24N2O4/c1-9(19-12(18)14-13(2,3)4)11(17)15-7-5-10(16)6-8-15/h9-10,16H,5-8H2,1-4H3,(H,14,18)/t9-/m0/s1. The van der Waals surface area contributed by atoms with Gasteiger partial charge in [-0.15, -0.1) is 0 Å². The van der Waals surface area contributed by atoms with E-state index < -0.39 is 17.7 Å². The minimum absolute atomic E-state index is 0.212. The van der Waals surface area contributed by atoms with E-state index in [0.29, 0.717) is 25.9 Å². The molecule has 110 valence electrons. The van der Waals surface area contributed by atoms with Gasteiger partial charge in [0, 0.05) is 18.6 Å². The number of ether oxygens (including phenoxy) is 1. The number of aliphatic hydroxyl groups is 1. The van der Waals surface area contributed by atoms with Gasteiger partial charge >= 0.3 is 6.09 Å². The van der Waals surface area contributed by atoms with Gasteiger partial charge in [0.15, 0.2) is 6.10 Å². The molecule has 0 aromatic rings. The van der Waals surface area contributed by atoms with Crippen LogP contribution in [0.3, 0.4) is 0 Å². The van der Waals surface area contributed by atoms with Gasteiger partial charge in [0.2, 0.25) is 0 Å². The first-order chi connectivity index (χ1) is 8.69. The number of carbonyl (C=O) groups is 2. The minimum atomic E-state index is -0.808. The SMILES string of the molecule is C[C@H](OC(=O)NC(C)(C)C)C(=O)N1CCC(O)CC1. The Labute approximate surface area is 114 Å². The number of alkyl carbamates (subject to hydrolysis) is 1. The molecule has 0 saturated carbocycles. The summed E-state index contributed by atoms with van der Waals surface area (Å²) >= 11 is 0. The van der Waals surface area contributed by atoms with Crippen LogP contribution in [0.1, 0.15) is 40.5 Å². The summed E-state index contributed by atoms with van der Waals surface area (Å²) in [6, 6.07) is 0. The van der Waals surface area contributed by atoms with E-state index in [1.165, 1.54) is 0 Å². The molecule has 0 aromatic heterocycles. The number of rotatable bonds is 2. The lowest BCUT2D eigenvalue weighted by molar-refractivity contribution is -0.141. The number of hydrogen-bond donors (Lipinski definition) is 2. The average molecular weight is 272 g/mol. The van der Waals surface area contributed by atoms with Crippen LogP contribution < -0.4 is 5.32 Å². The van der Waals surface area contributed by atoms with Gasteiger partial charge in [-0.3, -0.25) is 4.79 Å². The Morgan fingerprint density at radius 2 is 1.84 bits per heavy atom. The molecule has 0 spiro atoms. The minimum Gasteiger partial charge on any atom is -0.436 e. The molecule has 1 rings (SSSR count). The van der Waals surface area contributed by atoms with Crippen LogP contribution in [0.25, 0.3) is 0 Å². The van der Waals surface area contributed by atoms with E-state index in [-0.39, 0.29) is 12.0 Å². The van der Waals surface area contributed by atoms with Crippen LogP contribution in [-0.2, 0) is 9.53 Å². The maximum Gasteiger partial charge on any atom is 0.408 e. The molecule has 1 fully saturated rings. The van der Waals surface area contributed by atoms with Crippen molar-refractivity contribution in [1.82, 2.24) is 10.2 Å². The van der Waals surface area contributed by atoms with Crippen LogP contribution in [0.2, 0.25) is 0 Å². The second kappa shape index (κ2) is 6.23. The molecule has 1 aliphatic heterocycles. The number of hydrogen-bond acceptors (Lipinski definition) is 4. The summed E-state index contributed by atoms with van der Waals surface area (Å²) in [4.78, 5) is 25.2. The molecule has 1 aliphatic rings. The van der Waals surface area contributed by atoms with Crippen molar-refractivity contribution in [2.75, 3.05) is 13.1 Å². The molecule has 19 heavy (non-hydrogen) atoms. The molecular weight excluding hydrogens is 248 g/mol. The van der Waals surface area contributed by atoms with Crippen LogP contribution in [0.5, 0.6) is 0 Å². The molecule has 0 aromatic carbocycles. The Morgan fingerprint density at radius 1 is 1.32 bits per heavy atom. The fourth-order valence-corrected chi connectivity index (χ4v) is 1.89. The summed E-state index contributed by atoms with van der Waals surface area (Å²) in [7, 11) is 0. The van der Waals surface area contributed by atoms with Crippen LogP contribution >= 0.6 is 0 Å². The predicted octanol–water partition coefficient (Wildman–Crippen LogP) is 0.883. The van der Waals surface area contributed by atoms with Gasteiger partial charge in [0.05, 0.1) is 6.10 Å². The van der Waals surface area contributed by atoms with Crippen LogP contribution in [0.15, 0.2) is 0 Å².